The lowest BCUT2D eigenvalue weighted by molar-refractivity contribution is -0.00518. The maximum absolute atomic E-state index is 12.9. The maximum Gasteiger partial charge on any atom is 0.335 e. The van der Waals surface area contributed by atoms with Crippen molar-refractivity contribution in [2.45, 2.75) is 57.8 Å². The van der Waals surface area contributed by atoms with E-state index in [2.05, 4.69) is 27.2 Å². The van der Waals surface area contributed by atoms with Gasteiger partial charge < -0.3 is 9.84 Å². The Bertz CT molecular complexity index is 1790. The number of H-pyrrole nitrogens is 1. The third-order valence-corrected chi connectivity index (χ3v) is 9.64. The first-order valence-corrected chi connectivity index (χ1v) is 14.7. The molecule has 4 aliphatic carbocycles. The number of hydrogen-bond acceptors (Lipinski definition) is 6. The van der Waals surface area contributed by atoms with E-state index >= 15 is 0 Å². The average Bonchev–Trinajstić information content (AvgIpc) is 3.29. The van der Waals surface area contributed by atoms with Crippen LogP contribution in [0.3, 0.4) is 0 Å². The molecule has 0 unspecified atom stereocenters. The number of aromatic hydroxyl groups is 1. The summed E-state index contributed by atoms with van der Waals surface area (Å²) in [6.07, 6.45) is 9.14. The van der Waals surface area contributed by atoms with Gasteiger partial charge in [-0.05, 0) is 111 Å². The molecule has 2 N–H and O–H groups in total. The number of aliphatic imine (C=N–C) groups is 1. The number of rotatable bonds is 6. The van der Waals surface area contributed by atoms with Gasteiger partial charge >= 0.3 is 5.69 Å². The first kappa shape index (κ1) is 26.5. The van der Waals surface area contributed by atoms with E-state index in [-0.39, 0.29) is 11.0 Å². The van der Waals surface area contributed by atoms with Crippen molar-refractivity contribution in [1.82, 2.24) is 19.3 Å². The standard InChI is InChI=1S/C33H35N5O4/c1-19-10-20(2)38(36-19)28-9-6-25(14-29(28)42-3)34-18-27-30(39)35-32(41)37(31(27)40)26-7-4-24(5-8-26)33-15-21-11-22(16-33)13-23(12-21)17-33/h4-10,14,18,21-23,40H,11-13,15-17H2,1-3H3,(H,35,39,41). The number of methoxy groups -OCH3 is 1. The van der Waals surface area contributed by atoms with Gasteiger partial charge in [-0.25, -0.2) is 14.0 Å². The van der Waals surface area contributed by atoms with Crippen molar-refractivity contribution < 1.29 is 9.84 Å². The van der Waals surface area contributed by atoms with Crippen LogP contribution in [0.15, 0.2) is 63.1 Å². The van der Waals surface area contributed by atoms with Gasteiger partial charge in [-0.1, -0.05) is 12.1 Å². The van der Waals surface area contributed by atoms with Crippen LogP contribution in [0.1, 0.15) is 61.0 Å². The molecule has 2 aromatic heterocycles. The van der Waals surface area contributed by atoms with E-state index in [1.165, 1.54) is 50.3 Å². The highest BCUT2D eigenvalue weighted by Crippen LogP contribution is 2.60. The third-order valence-electron chi connectivity index (χ3n) is 9.64. The van der Waals surface area contributed by atoms with Crippen LogP contribution in [-0.4, -0.2) is 37.8 Å². The second-order valence-corrected chi connectivity index (χ2v) is 12.5. The fraction of sp³-hybridized carbons (Fsp3) is 0.394. The van der Waals surface area contributed by atoms with Gasteiger partial charge in [-0.2, -0.15) is 5.10 Å². The predicted octanol–water partition coefficient (Wildman–Crippen LogP) is 5.26. The highest BCUT2D eigenvalue weighted by Gasteiger charge is 2.51. The lowest BCUT2D eigenvalue weighted by Crippen LogP contribution is -2.48. The van der Waals surface area contributed by atoms with E-state index in [9.17, 15) is 14.7 Å². The Balaban J connectivity index is 1.19. The van der Waals surface area contributed by atoms with Crippen LogP contribution in [0, 0.1) is 31.6 Å². The highest BCUT2D eigenvalue weighted by atomic mass is 16.5. The molecule has 8 rings (SSSR count). The van der Waals surface area contributed by atoms with Crippen molar-refractivity contribution in [3.05, 3.63) is 91.9 Å². The molecule has 9 heteroatoms. The summed E-state index contributed by atoms with van der Waals surface area (Å²) < 4.78 is 8.50. The lowest BCUT2D eigenvalue weighted by atomic mass is 9.48. The minimum Gasteiger partial charge on any atom is -0.494 e. The van der Waals surface area contributed by atoms with E-state index in [1.807, 2.05) is 38.1 Å². The lowest BCUT2D eigenvalue weighted by Gasteiger charge is -2.57. The second-order valence-electron chi connectivity index (χ2n) is 12.5. The van der Waals surface area contributed by atoms with Gasteiger partial charge in [0.1, 0.15) is 17.0 Å². The fourth-order valence-electron chi connectivity index (χ4n) is 8.26. The molecule has 4 fully saturated rings. The largest absolute Gasteiger partial charge is 0.494 e. The van der Waals surface area contributed by atoms with Crippen LogP contribution in [0.2, 0.25) is 0 Å². The second kappa shape index (κ2) is 9.86. The molecule has 4 saturated carbocycles. The first-order chi connectivity index (χ1) is 20.2. The van der Waals surface area contributed by atoms with Crippen LogP contribution in [0.25, 0.3) is 11.4 Å². The molecule has 0 saturated heterocycles. The van der Waals surface area contributed by atoms with Gasteiger partial charge in [0.05, 0.1) is 24.2 Å². The Morgan fingerprint density at radius 3 is 2.26 bits per heavy atom. The molecule has 4 aromatic rings. The summed E-state index contributed by atoms with van der Waals surface area (Å²) >= 11 is 0. The number of ether oxygens (including phenoxy) is 1. The summed E-state index contributed by atoms with van der Waals surface area (Å²) in [6, 6.07) is 15.3. The number of hydrogen-bond donors (Lipinski definition) is 2. The quantitative estimate of drug-likeness (QED) is 0.310. The number of aromatic nitrogens is 4. The van der Waals surface area contributed by atoms with Crippen molar-refractivity contribution >= 4 is 11.9 Å². The SMILES string of the molecule is COc1cc(N=Cc2c(O)n(-c3ccc(C45CC6CC(CC(C6)C4)C5)cc3)c(=O)[nH]c2=O)ccc1-n1nc(C)cc1C. The minimum atomic E-state index is -0.714. The molecule has 4 aliphatic rings. The number of aromatic amines is 1. The Morgan fingerprint density at radius 2 is 1.67 bits per heavy atom. The normalized spacial score (nSPS) is 24.5. The van der Waals surface area contributed by atoms with Crippen molar-refractivity contribution in [2.75, 3.05) is 7.11 Å². The molecule has 0 aliphatic heterocycles. The summed E-state index contributed by atoms with van der Waals surface area (Å²) in [5, 5.41) is 15.6. The van der Waals surface area contributed by atoms with Crippen LogP contribution in [-0.2, 0) is 5.41 Å². The van der Waals surface area contributed by atoms with E-state index in [0.29, 0.717) is 17.1 Å². The van der Waals surface area contributed by atoms with E-state index in [1.54, 1.807) is 23.9 Å². The molecule has 42 heavy (non-hydrogen) atoms. The first-order valence-electron chi connectivity index (χ1n) is 14.7. The van der Waals surface area contributed by atoms with Crippen molar-refractivity contribution in [3.8, 4) is 23.0 Å². The van der Waals surface area contributed by atoms with Gasteiger partial charge in [0.25, 0.3) is 5.56 Å². The zero-order valence-electron chi connectivity index (χ0n) is 24.1. The van der Waals surface area contributed by atoms with Crippen molar-refractivity contribution in [2.24, 2.45) is 22.7 Å². The summed E-state index contributed by atoms with van der Waals surface area (Å²) in [5.74, 6) is 2.59. The van der Waals surface area contributed by atoms with Gasteiger partial charge in [0, 0.05) is 18.0 Å². The Kier molecular flexibility index (Phi) is 6.22. The van der Waals surface area contributed by atoms with Crippen LogP contribution >= 0.6 is 0 Å². The van der Waals surface area contributed by atoms with Gasteiger partial charge in [0.2, 0.25) is 5.88 Å². The van der Waals surface area contributed by atoms with Gasteiger partial charge in [0.15, 0.2) is 0 Å². The molecule has 0 radical (unpaired) electrons. The van der Waals surface area contributed by atoms with Crippen LogP contribution in [0.4, 0.5) is 5.69 Å². The zero-order valence-corrected chi connectivity index (χ0v) is 24.1. The monoisotopic (exact) mass is 565 g/mol. The van der Waals surface area contributed by atoms with Crippen molar-refractivity contribution in [1.29, 1.82) is 0 Å². The van der Waals surface area contributed by atoms with Crippen molar-refractivity contribution in [3.63, 3.8) is 0 Å². The molecule has 0 spiro atoms. The fourth-order valence-corrected chi connectivity index (χ4v) is 8.26. The topological polar surface area (TPSA) is 115 Å². The Hall–Kier alpha value is -4.40. The number of aryl methyl sites for hydroxylation is 2. The Labute approximate surface area is 243 Å². The zero-order chi connectivity index (χ0) is 29.2. The minimum absolute atomic E-state index is 0.110. The molecule has 2 heterocycles. The maximum atomic E-state index is 12.9. The molecule has 0 amide bonds. The molecule has 0 atom stereocenters. The summed E-state index contributed by atoms with van der Waals surface area (Å²) in [6.45, 7) is 3.89. The van der Waals surface area contributed by atoms with E-state index < -0.39 is 17.1 Å². The molecular formula is C33H35N5O4. The Morgan fingerprint density at radius 1 is 1.00 bits per heavy atom. The molecule has 4 bridgehead atoms. The van der Waals surface area contributed by atoms with Crippen LogP contribution < -0.4 is 16.0 Å². The predicted molar refractivity (Wildman–Crippen MR) is 161 cm³/mol. The highest BCUT2D eigenvalue weighted by molar-refractivity contribution is 5.84. The summed E-state index contributed by atoms with van der Waals surface area (Å²) in [4.78, 5) is 32.3. The molecule has 9 nitrogen and oxygen atoms in total. The molecular weight excluding hydrogens is 530 g/mol. The molecule has 2 aromatic carbocycles. The van der Waals surface area contributed by atoms with Gasteiger partial charge in [-0.15, -0.1) is 0 Å². The average molecular weight is 566 g/mol. The van der Waals surface area contributed by atoms with Gasteiger partial charge in [-0.3, -0.25) is 14.8 Å². The number of benzene rings is 2. The third kappa shape index (κ3) is 4.38. The van der Waals surface area contributed by atoms with Crippen LogP contribution in [0.5, 0.6) is 11.6 Å². The van der Waals surface area contributed by atoms with E-state index in [4.69, 9.17) is 4.74 Å². The molecule has 216 valence electrons. The number of nitrogens with zero attached hydrogens (tertiary/aromatic N) is 4. The number of nitrogens with one attached hydrogen (secondary N) is 1. The smallest absolute Gasteiger partial charge is 0.335 e. The van der Waals surface area contributed by atoms with E-state index in [0.717, 1.165) is 39.4 Å². The summed E-state index contributed by atoms with van der Waals surface area (Å²) in [7, 11) is 1.57. The summed E-state index contributed by atoms with van der Waals surface area (Å²) in [5.41, 5.74) is 3.64.